The molecule has 1 heterocycles. The van der Waals surface area contributed by atoms with E-state index in [1.54, 1.807) is 0 Å². The molecule has 1 aliphatic rings. The normalized spacial score (nSPS) is 17.4. The van der Waals surface area contributed by atoms with Gasteiger partial charge in [0.15, 0.2) is 5.78 Å². The van der Waals surface area contributed by atoms with E-state index in [2.05, 4.69) is 12.1 Å². The molecule has 2 nitrogen and oxygen atoms in total. The van der Waals surface area contributed by atoms with E-state index in [1.807, 2.05) is 49.4 Å². The molecule has 0 unspecified atom stereocenters. The van der Waals surface area contributed by atoms with Gasteiger partial charge in [-0.3, -0.25) is 4.79 Å². The van der Waals surface area contributed by atoms with Crippen molar-refractivity contribution in [2.45, 2.75) is 25.2 Å². The third-order valence-electron chi connectivity index (χ3n) is 4.39. The first-order chi connectivity index (χ1) is 10.2. The van der Waals surface area contributed by atoms with Crippen LogP contribution in [0.5, 0.6) is 0 Å². The van der Waals surface area contributed by atoms with Gasteiger partial charge < -0.3 is 4.74 Å². The summed E-state index contributed by atoms with van der Waals surface area (Å²) in [6, 6.07) is 18.0. The topological polar surface area (TPSA) is 26.3 Å². The number of rotatable bonds is 3. The van der Waals surface area contributed by atoms with Crippen LogP contribution >= 0.6 is 0 Å². The fourth-order valence-corrected chi connectivity index (χ4v) is 3.19. The van der Waals surface area contributed by atoms with Crippen molar-refractivity contribution in [2.24, 2.45) is 0 Å². The van der Waals surface area contributed by atoms with E-state index in [-0.39, 0.29) is 5.78 Å². The van der Waals surface area contributed by atoms with Crippen LogP contribution in [0.3, 0.4) is 0 Å². The lowest BCUT2D eigenvalue weighted by Gasteiger charge is -2.36. The molecular formula is C19H20O2. The minimum absolute atomic E-state index is 0.223. The highest BCUT2D eigenvalue weighted by Gasteiger charge is 2.41. The third-order valence-corrected chi connectivity index (χ3v) is 4.39. The molecule has 0 spiro atoms. The molecule has 0 atom stereocenters. The lowest BCUT2D eigenvalue weighted by atomic mass is 9.69. The van der Waals surface area contributed by atoms with Crippen molar-refractivity contribution in [2.75, 3.05) is 13.2 Å². The molecule has 1 fully saturated rings. The third kappa shape index (κ3) is 2.64. The molecule has 2 heteroatoms. The Labute approximate surface area is 125 Å². The Kier molecular flexibility index (Phi) is 3.89. The summed E-state index contributed by atoms with van der Waals surface area (Å²) < 4.78 is 5.50. The van der Waals surface area contributed by atoms with Crippen molar-refractivity contribution in [1.29, 1.82) is 0 Å². The van der Waals surface area contributed by atoms with Gasteiger partial charge in [-0.15, -0.1) is 0 Å². The van der Waals surface area contributed by atoms with Crippen LogP contribution in [0.4, 0.5) is 0 Å². The number of ketones is 1. The fourth-order valence-electron chi connectivity index (χ4n) is 3.19. The van der Waals surface area contributed by atoms with Crippen molar-refractivity contribution in [3.8, 4) is 0 Å². The van der Waals surface area contributed by atoms with E-state index in [0.717, 1.165) is 29.5 Å². The second-order valence-corrected chi connectivity index (χ2v) is 5.76. The highest BCUT2D eigenvalue weighted by Crippen LogP contribution is 2.38. The SMILES string of the molecule is Cc1cccc(C(=O)C2(c3ccccc3)CCOCC2)c1. The van der Waals surface area contributed by atoms with Crippen LogP contribution in [-0.4, -0.2) is 19.0 Å². The standard InChI is InChI=1S/C19H20O2/c1-15-6-5-7-16(14-15)18(20)19(10-12-21-13-11-19)17-8-3-2-4-9-17/h2-9,14H,10-13H2,1H3. The van der Waals surface area contributed by atoms with Crippen LogP contribution in [-0.2, 0) is 10.2 Å². The highest BCUT2D eigenvalue weighted by molar-refractivity contribution is 6.04. The van der Waals surface area contributed by atoms with Crippen LogP contribution in [0.1, 0.15) is 34.3 Å². The van der Waals surface area contributed by atoms with Gasteiger partial charge in [-0.2, -0.15) is 0 Å². The monoisotopic (exact) mass is 280 g/mol. The first-order valence-electron chi connectivity index (χ1n) is 7.47. The van der Waals surface area contributed by atoms with Crippen LogP contribution in [0.2, 0.25) is 0 Å². The van der Waals surface area contributed by atoms with E-state index < -0.39 is 5.41 Å². The van der Waals surface area contributed by atoms with Gasteiger partial charge in [0, 0.05) is 18.8 Å². The lowest BCUT2D eigenvalue weighted by Crippen LogP contribution is -2.41. The van der Waals surface area contributed by atoms with Crippen LogP contribution < -0.4 is 0 Å². The maximum absolute atomic E-state index is 13.2. The zero-order valence-corrected chi connectivity index (χ0v) is 12.3. The predicted octanol–water partition coefficient (Wildman–Crippen LogP) is 3.93. The predicted molar refractivity (Wildman–Crippen MR) is 83.7 cm³/mol. The van der Waals surface area contributed by atoms with E-state index in [9.17, 15) is 4.79 Å². The van der Waals surface area contributed by atoms with Crippen molar-refractivity contribution in [3.63, 3.8) is 0 Å². The summed E-state index contributed by atoms with van der Waals surface area (Å²) in [4.78, 5) is 13.2. The lowest BCUT2D eigenvalue weighted by molar-refractivity contribution is 0.0424. The van der Waals surface area contributed by atoms with E-state index in [1.165, 1.54) is 0 Å². The van der Waals surface area contributed by atoms with Gasteiger partial charge in [-0.05, 0) is 31.4 Å². The largest absolute Gasteiger partial charge is 0.381 e. The molecule has 1 saturated heterocycles. The number of aryl methyl sites for hydroxylation is 1. The molecule has 3 rings (SSSR count). The van der Waals surface area contributed by atoms with Gasteiger partial charge >= 0.3 is 0 Å². The highest BCUT2D eigenvalue weighted by atomic mass is 16.5. The van der Waals surface area contributed by atoms with Gasteiger partial charge in [-0.1, -0.05) is 54.1 Å². The second kappa shape index (κ2) is 5.82. The van der Waals surface area contributed by atoms with Crippen LogP contribution in [0, 0.1) is 6.92 Å². The summed E-state index contributed by atoms with van der Waals surface area (Å²) >= 11 is 0. The van der Waals surface area contributed by atoms with Crippen molar-refractivity contribution < 1.29 is 9.53 Å². The summed E-state index contributed by atoms with van der Waals surface area (Å²) in [5.41, 5.74) is 2.60. The molecule has 0 bridgehead atoms. The molecule has 2 aromatic carbocycles. The number of Topliss-reactive ketones (excluding diaryl/α,β-unsaturated/α-hetero) is 1. The number of hydrogen-bond acceptors (Lipinski definition) is 2. The zero-order valence-electron chi connectivity index (χ0n) is 12.3. The number of carbonyl (C=O) groups is 1. The number of ether oxygens (including phenoxy) is 1. The first-order valence-corrected chi connectivity index (χ1v) is 7.47. The second-order valence-electron chi connectivity index (χ2n) is 5.76. The average Bonchev–Trinajstić information content (AvgIpc) is 2.55. The molecule has 0 saturated carbocycles. The average molecular weight is 280 g/mol. The molecule has 0 aromatic heterocycles. The smallest absolute Gasteiger partial charge is 0.173 e. The molecule has 0 N–H and O–H groups in total. The Morgan fingerprint density at radius 3 is 2.38 bits per heavy atom. The molecule has 21 heavy (non-hydrogen) atoms. The van der Waals surface area contributed by atoms with Crippen molar-refractivity contribution in [1.82, 2.24) is 0 Å². The Hall–Kier alpha value is -1.93. The number of carbonyl (C=O) groups excluding carboxylic acids is 1. The van der Waals surface area contributed by atoms with Crippen LogP contribution in [0.25, 0.3) is 0 Å². The Bertz CT molecular complexity index is 625. The number of benzene rings is 2. The quantitative estimate of drug-likeness (QED) is 0.796. The van der Waals surface area contributed by atoms with Crippen molar-refractivity contribution >= 4 is 5.78 Å². The summed E-state index contributed by atoms with van der Waals surface area (Å²) in [6.45, 7) is 3.31. The summed E-state index contributed by atoms with van der Waals surface area (Å²) in [6.07, 6.45) is 1.51. The minimum atomic E-state index is -0.437. The molecular weight excluding hydrogens is 260 g/mol. The van der Waals surface area contributed by atoms with Gasteiger partial charge in [-0.25, -0.2) is 0 Å². The molecule has 1 aliphatic heterocycles. The van der Waals surface area contributed by atoms with E-state index in [4.69, 9.17) is 4.74 Å². The Morgan fingerprint density at radius 1 is 1.00 bits per heavy atom. The Morgan fingerprint density at radius 2 is 1.71 bits per heavy atom. The Balaban J connectivity index is 2.06. The molecule has 0 radical (unpaired) electrons. The number of hydrogen-bond donors (Lipinski definition) is 0. The van der Waals surface area contributed by atoms with E-state index >= 15 is 0 Å². The first kappa shape index (κ1) is 14.0. The maximum Gasteiger partial charge on any atom is 0.173 e. The summed E-state index contributed by atoms with van der Waals surface area (Å²) in [5.74, 6) is 0.223. The zero-order chi connectivity index (χ0) is 14.7. The van der Waals surface area contributed by atoms with Crippen LogP contribution in [0.15, 0.2) is 54.6 Å². The van der Waals surface area contributed by atoms with Gasteiger partial charge in [0.25, 0.3) is 0 Å². The molecule has 108 valence electrons. The van der Waals surface area contributed by atoms with Crippen molar-refractivity contribution in [3.05, 3.63) is 71.3 Å². The molecule has 2 aromatic rings. The molecule has 0 amide bonds. The van der Waals surface area contributed by atoms with Gasteiger partial charge in [0.2, 0.25) is 0 Å². The maximum atomic E-state index is 13.2. The summed E-state index contributed by atoms with van der Waals surface area (Å²) in [7, 11) is 0. The molecule has 0 aliphatic carbocycles. The fraction of sp³-hybridized carbons (Fsp3) is 0.316. The van der Waals surface area contributed by atoms with Gasteiger partial charge in [0.1, 0.15) is 0 Å². The van der Waals surface area contributed by atoms with Gasteiger partial charge in [0.05, 0.1) is 5.41 Å². The minimum Gasteiger partial charge on any atom is -0.381 e. The summed E-state index contributed by atoms with van der Waals surface area (Å²) in [5, 5.41) is 0. The van der Waals surface area contributed by atoms with E-state index in [0.29, 0.717) is 13.2 Å².